The van der Waals surface area contributed by atoms with Gasteiger partial charge in [-0.3, -0.25) is 0 Å². The van der Waals surface area contributed by atoms with Crippen molar-refractivity contribution in [3.8, 4) is 5.69 Å². The highest BCUT2D eigenvalue weighted by atomic mass is 15.3. The van der Waals surface area contributed by atoms with E-state index in [-0.39, 0.29) is 0 Å². The number of hydrogen-bond donors (Lipinski definition) is 1. The zero-order valence-corrected chi connectivity index (χ0v) is 14.9. The molecule has 0 atom stereocenters. The molecule has 0 spiro atoms. The molecule has 3 aromatic rings. The van der Waals surface area contributed by atoms with Gasteiger partial charge in [-0.2, -0.15) is 5.10 Å². The first-order valence-corrected chi connectivity index (χ1v) is 9.05. The average Bonchev–Trinajstić information content (AvgIpc) is 3.00. The second-order valence-electron chi connectivity index (χ2n) is 6.48. The second kappa shape index (κ2) is 6.80. The van der Waals surface area contributed by atoms with Crippen LogP contribution in [0.2, 0.25) is 0 Å². The van der Waals surface area contributed by atoms with Gasteiger partial charge in [0.15, 0.2) is 5.65 Å². The Kier molecular flexibility index (Phi) is 4.36. The molecule has 0 saturated carbocycles. The van der Waals surface area contributed by atoms with Gasteiger partial charge in [0.05, 0.1) is 16.8 Å². The highest BCUT2D eigenvalue weighted by molar-refractivity contribution is 5.91. The molecule has 1 fully saturated rings. The van der Waals surface area contributed by atoms with Gasteiger partial charge in [-0.1, -0.05) is 25.1 Å². The highest BCUT2D eigenvalue weighted by Crippen LogP contribution is 2.29. The van der Waals surface area contributed by atoms with Crippen LogP contribution in [0.5, 0.6) is 0 Å². The molecule has 1 aliphatic rings. The van der Waals surface area contributed by atoms with E-state index in [1.807, 2.05) is 22.9 Å². The first-order valence-electron chi connectivity index (χ1n) is 9.05. The van der Waals surface area contributed by atoms with Crippen LogP contribution in [0.3, 0.4) is 0 Å². The van der Waals surface area contributed by atoms with Crippen molar-refractivity contribution in [2.75, 3.05) is 31.1 Å². The third-order valence-corrected chi connectivity index (χ3v) is 4.62. The topological polar surface area (TPSA) is 58.9 Å². The molecule has 6 heteroatoms. The molecular formula is C19H24N6. The molecule has 130 valence electrons. The summed E-state index contributed by atoms with van der Waals surface area (Å²) in [5, 5.41) is 9.28. The molecule has 0 unspecified atom stereocenters. The van der Waals surface area contributed by atoms with Crippen molar-refractivity contribution in [1.82, 2.24) is 25.1 Å². The minimum Gasteiger partial charge on any atom is -0.353 e. The van der Waals surface area contributed by atoms with Crippen LogP contribution in [-0.4, -0.2) is 45.9 Å². The molecular weight excluding hydrogens is 312 g/mol. The maximum absolute atomic E-state index is 4.92. The Bertz CT molecular complexity index is 865. The number of anilines is 1. The molecule has 3 heterocycles. The van der Waals surface area contributed by atoms with E-state index in [0.717, 1.165) is 73.1 Å². The molecule has 1 saturated heterocycles. The van der Waals surface area contributed by atoms with Gasteiger partial charge in [-0.15, -0.1) is 0 Å². The highest BCUT2D eigenvalue weighted by Gasteiger charge is 2.22. The van der Waals surface area contributed by atoms with Gasteiger partial charge in [0.25, 0.3) is 0 Å². The summed E-state index contributed by atoms with van der Waals surface area (Å²) in [7, 11) is 0. The lowest BCUT2D eigenvalue weighted by atomic mass is 10.2. The molecule has 0 amide bonds. The van der Waals surface area contributed by atoms with Gasteiger partial charge in [-0.05, 0) is 25.5 Å². The maximum atomic E-state index is 4.92. The van der Waals surface area contributed by atoms with Crippen LogP contribution in [0, 0.1) is 6.92 Å². The largest absolute Gasteiger partial charge is 0.353 e. The summed E-state index contributed by atoms with van der Waals surface area (Å²) in [5.74, 6) is 1.94. The number of rotatable bonds is 4. The number of fused-ring (bicyclic) bond motifs is 1. The lowest BCUT2D eigenvalue weighted by molar-refractivity contribution is 0.585. The lowest BCUT2D eigenvalue weighted by Crippen LogP contribution is -2.44. The summed E-state index contributed by atoms with van der Waals surface area (Å²) in [6.07, 6.45) is 1.92. The fraction of sp³-hybridized carbons (Fsp3) is 0.421. The summed E-state index contributed by atoms with van der Waals surface area (Å²) in [6.45, 7) is 8.12. The Labute approximate surface area is 147 Å². The van der Waals surface area contributed by atoms with E-state index in [4.69, 9.17) is 15.1 Å². The van der Waals surface area contributed by atoms with Gasteiger partial charge in [0.2, 0.25) is 0 Å². The Balaban J connectivity index is 1.93. The molecule has 6 nitrogen and oxygen atoms in total. The second-order valence-corrected chi connectivity index (χ2v) is 6.48. The Morgan fingerprint density at radius 3 is 2.56 bits per heavy atom. The summed E-state index contributed by atoms with van der Waals surface area (Å²) >= 11 is 0. The lowest BCUT2D eigenvalue weighted by Gasteiger charge is -2.29. The number of hydrogen-bond acceptors (Lipinski definition) is 5. The zero-order valence-electron chi connectivity index (χ0n) is 14.9. The molecule has 1 aliphatic heterocycles. The summed E-state index contributed by atoms with van der Waals surface area (Å²) in [4.78, 5) is 12.1. The monoisotopic (exact) mass is 336 g/mol. The molecule has 1 N–H and O–H groups in total. The fourth-order valence-electron chi connectivity index (χ4n) is 3.40. The Morgan fingerprint density at radius 2 is 1.84 bits per heavy atom. The molecule has 0 bridgehead atoms. The van der Waals surface area contributed by atoms with E-state index >= 15 is 0 Å². The fourth-order valence-corrected chi connectivity index (χ4v) is 3.40. The summed E-state index contributed by atoms with van der Waals surface area (Å²) < 4.78 is 1.96. The first kappa shape index (κ1) is 16.0. The quantitative estimate of drug-likeness (QED) is 0.793. The minimum absolute atomic E-state index is 0.883. The van der Waals surface area contributed by atoms with Crippen LogP contribution < -0.4 is 10.2 Å². The normalized spacial score (nSPS) is 15.0. The van der Waals surface area contributed by atoms with Crippen molar-refractivity contribution < 1.29 is 0 Å². The Hall–Kier alpha value is -2.47. The van der Waals surface area contributed by atoms with E-state index in [9.17, 15) is 0 Å². The smallest absolute Gasteiger partial charge is 0.168 e. The number of aromatic nitrogens is 4. The van der Waals surface area contributed by atoms with Crippen molar-refractivity contribution >= 4 is 16.9 Å². The molecule has 1 aromatic carbocycles. The molecule has 2 aromatic heterocycles. The van der Waals surface area contributed by atoms with E-state index in [1.165, 1.54) is 0 Å². The third-order valence-electron chi connectivity index (χ3n) is 4.62. The van der Waals surface area contributed by atoms with Crippen molar-refractivity contribution in [3.63, 3.8) is 0 Å². The number of nitrogens with one attached hydrogen (secondary N) is 1. The molecule has 4 rings (SSSR count). The number of aryl methyl sites for hydroxylation is 2. The molecule has 0 radical (unpaired) electrons. The predicted molar refractivity (Wildman–Crippen MR) is 100 cm³/mol. The summed E-state index contributed by atoms with van der Waals surface area (Å²) in [6, 6.07) is 10.2. The number of para-hydroxylation sites is 1. The summed E-state index contributed by atoms with van der Waals surface area (Å²) in [5.41, 5.74) is 2.93. The zero-order chi connectivity index (χ0) is 17.2. The van der Waals surface area contributed by atoms with Gasteiger partial charge in [-0.25, -0.2) is 14.6 Å². The van der Waals surface area contributed by atoms with Gasteiger partial charge in [0, 0.05) is 32.6 Å². The number of nitrogens with zero attached hydrogens (tertiary/aromatic N) is 5. The third kappa shape index (κ3) is 2.98. The minimum atomic E-state index is 0.883. The van der Waals surface area contributed by atoms with Gasteiger partial charge >= 0.3 is 0 Å². The molecule has 25 heavy (non-hydrogen) atoms. The van der Waals surface area contributed by atoms with Crippen LogP contribution >= 0.6 is 0 Å². The van der Waals surface area contributed by atoms with Crippen molar-refractivity contribution in [2.45, 2.75) is 26.7 Å². The Morgan fingerprint density at radius 1 is 1.08 bits per heavy atom. The number of piperazine rings is 1. The van der Waals surface area contributed by atoms with E-state index in [0.29, 0.717) is 0 Å². The van der Waals surface area contributed by atoms with Crippen molar-refractivity contribution in [3.05, 3.63) is 41.9 Å². The van der Waals surface area contributed by atoms with Gasteiger partial charge in [0.1, 0.15) is 11.6 Å². The standard InChI is InChI=1S/C19H24N6/c1-3-7-16-21-18(24-12-10-20-11-13-24)17-14(2)23-25(19(17)22-16)15-8-5-4-6-9-15/h4-6,8-9,20H,3,7,10-13H2,1-2H3. The van der Waals surface area contributed by atoms with E-state index in [1.54, 1.807) is 0 Å². The predicted octanol–water partition coefficient (Wildman–Crippen LogP) is 2.49. The maximum Gasteiger partial charge on any atom is 0.168 e. The van der Waals surface area contributed by atoms with E-state index < -0.39 is 0 Å². The van der Waals surface area contributed by atoms with Crippen LogP contribution in [0.15, 0.2) is 30.3 Å². The van der Waals surface area contributed by atoms with Gasteiger partial charge < -0.3 is 10.2 Å². The number of benzene rings is 1. The van der Waals surface area contributed by atoms with Crippen LogP contribution in [-0.2, 0) is 6.42 Å². The van der Waals surface area contributed by atoms with Crippen molar-refractivity contribution in [1.29, 1.82) is 0 Å². The van der Waals surface area contributed by atoms with Crippen molar-refractivity contribution in [2.24, 2.45) is 0 Å². The van der Waals surface area contributed by atoms with E-state index in [2.05, 4.69) is 36.2 Å². The van der Waals surface area contributed by atoms with Crippen LogP contribution in [0.1, 0.15) is 24.9 Å². The first-order chi connectivity index (χ1) is 12.3. The average molecular weight is 336 g/mol. The SMILES string of the molecule is CCCc1nc(N2CCNCC2)c2c(C)nn(-c3ccccc3)c2n1. The molecule has 0 aliphatic carbocycles. The van der Waals surface area contributed by atoms with Crippen LogP contribution in [0.25, 0.3) is 16.7 Å². The van der Waals surface area contributed by atoms with Crippen LogP contribution in [0.4, 0.5) is 5.82 Å².